The molecule has 264 valence electrons. The molecule has 9 heteroatoms. The number of Topliss-reactive ketones (excluding diaryl/α,β-unsaturated/α-hetero) is 3. The third-order valence-electron chi connectivity index (χ3n) is 7.56. The Morgan fingerprint density at radius 1 is 0.848 bits per heavy atom. The summed E-state index contributed by atoms with van der Waals surface area (Å²) in [5.41, 5.74) is 0.974. The highest BCUT2D eigenvalue weighted by atomic mass is 16.6. The number of methoxy groups -OCH3 is 1. The lowest BCUT2D eigenvalue weighted by Gasteiger charge is -2.43. The molecule has 0 aromatic rings. The molecule has 0 aromatic heterocycles. The number of aliphatic hydroxyl groups excluding tert-OH is 4. The zero-order valence-electron chi connectivity index (χ0n) is 30.1. The Labute approximate surface area is 278 Å². The van der Waals surface area contributed by atoms with Crippen LogP contribution in [0.3, 0.4) is 0 Å². The maximum absolute atomic E-state index is 13.2. The van der Waals surface area contributed by atoms with Crippen LogP contribution in [0.1, 0.15) is 101 Å². The molecule has 1 aliphatic heterocycles. The molecular formula is C37H62O9. The van der Waals surface area contributed by atoms with Gasteiger partial charge in [0.2, 0.25) is 0 Å². The number of hydrogen-bond donors (Lipinski definition) is 4. The van der Waals surface area contributed by atoms with Gasteiger partial charge in [0.15, 0.2) is 17.9 Å². The average Bonchev–Trinajstić information content (AvgIpc) is 3.13. The van der Waals surface area contributed by atoms with E-state index in [1.807, 2.05) is 55.4 Å². The van der Waals surface area contributed by atoms with Gasteiger partial charge in [-0.15, -0.1) is 12.8 Å². The molecule has 6 atom stereocenters. The van der Waals surface area contributed by atoms with Gasteiger partial charge in [-0.2, -0.15) is 0 Å². The predicted octanol–water partition coefficient (Wildman–Crippen LogP) is 7.20. The lowest BCUT2D eigenvalue weighted by molar-refractivity contribution is -0.145. The van der Waals surface area contributed by atoms with Gasteiger partial charge in [0.05, 0.1) is 30.8 Å². The Balaban J connectivity index is -0.000000815. The summed E-state index contributed by atoms with van der Waals surface area (Å²) in [6, 6.07) is 0. The second-order valence-corrected chi connectivity index (χ2v) is 9.52. The fourth-order valence-corrected chi connectivity index (χ4v) is 5.68. The van der Waals surface area contributed by atoms with Gasteiger partial charge in [-0.3, -0.25) is 14.4 Å². The highest BCUT2D eigenvalue weighted by Crippen LogP contribution is 2.51. The summed E-state index contributed by atoms with van der Waals surface area (Å²) in [6.07, 6.45) is 16.8. The summed E-state index contributed by atoms with van der Waals surface area (Å²) in [5.74, 6) is -4.40. The van der Waals surface area contributed by atoms with Crippen molar-refractivity contribution in [2.75, 3.05) is 20.8 Å². The first kappa shape index (κ1) is 47.2. The van der Waals surface area contributed by atoms with Gasteiger partial charge in [-0.05, 0) is 62.7 Å². The molecule has 0 spiro atoms. The molecule has 9 nitrogen and oxygen atoms in total. The lowest BCUT2D eigenvalue weighted by Crippen LogP contribution is -2.51. The van der Waals surface area contributed by atoms with E-state index in [1.165, 1.54) is 14.0 Å². The number of aliphatic hydroxyl groups is 4. The topological polar surface area (TPSA) is 151 Å². The Morgan fingerprint density at radius 2 is 1.37 bits per heavy atom. The van der Waals surface area contributed by atoms with Crippen molar-refractivity contribution in [2.45, 2.75) is 107 Å². The van der Waals surface area contributed by atoms with E-state index in [-0.39, 0.29) is 34.8 Å². The van der Waals surface area contributed by atoms with Gasteiger partial charge >= 0.3 is 0 Å². The normalized spacial score (nSPS) is 26.5. The number of ether oxygens (including phenoxy) is 2. The van der Waals surface area contributed by atoms with Crippen LogP contribution in [-0.2, 0) is 23.9 Å². The molecule has 1 heterocycles. The van der Waals surface area contributed by atoms with Crippen molar-refractivity contribution in [1.82, 2.24) is 0 Å². The van der Waals surface area contributed by atoms with E-state index in [0.717, 1.165) is 33.0 Å². The molecule has 0 radical (unpaired) electrons. The highest BCUT2D eigenvalue weighted by molar-refractivity contribution is 6.05. The van der Waals surface area contributed by atoms with Crippen molar-refractivity contribution in [3.05, 3.63) is 46.7 Å². The minimum absolute atomic E-state index is 0.0205. The Bertz CT molecular complexity index is 1040. The highest BCUT2D eigenvalue weighted by Gasteiger charge is 2.56. The molecule has 1 saturated heterocycles. The van der Waals surface area contributed by atoms with Crippen molar-refractivity contribution in [1.29, 1.82) is 0 Å². The third kappa shape index (κ3) is 11.9. The van der Waals surface area contributed by atoms with Crippen molar-refractivity contribution >= 4 is 17.3 Å². The molecule has 46 heavy (non-hydrogen) atoms. The minimum atomic E-state index is -1.09. The molecule has 4 aliphatic carbocycles. The van der Waals surface area contributed by atoms with Gasteiger partial charge in [-0.25, -0.2) is 0 Å². The molecule has 5 unspecified atom stereocenters. The smallest absolute Gasteiger partial charge is 0.156 e. The van der Waals surface area contributed by atoms with Gasteiger partial charge in [-0.1, -0.05) is 67.5 Å². The molecule has 2 saturated carbocycles. The molecule has 5 rings (SSSR count). The van der Waals surface area contributed by atoms with Crippen LogP contribution >= 0.6 is 0 Å². The number of ketones is 3. The van der Waals surface area contributed by atoms with E-state index >= 15 is 0 Å². The Morgan fingerprint density at radius 3 is 1.80 bits per heavy atom. The van der Waals surface area contributed by atoms with Crippen LogP contribution in [0, 0.1) is 42.4 Å². The second kappa shape index (κ2) is 27.0. The number of carbonyl (C=O) groups excluding carboxylic acids is 3. The first-order valence-corrected chi connectivity index (χ1v) is 16.7. The van der Waals surface area contributed by atoms with E-state index < -0.39 is 30.0 Å². The van der Waals surface area contributed by atoms with Crippen molar-refractivity contribution in [3.8, 4) is 12.8 Å². The molecule has 0 bridgehead atoms. The SMILES string of the molecule is C#C.CC.CC.CC.CC.CO.COC1=CC=CC2C(=O)C3C(O)=C4CC(C(C)=O)CCC4=C(O)C3C(=O)C12.O[C@H]1CCCCO1. The summed E-state index contributed by atoms with van der Waals surface area (Å²) in [7, 11) is 2.45. The number of rotatable bonds is 2. The number of allylic oxidation sites excluding steroid dienone is 8. The zero-order valence-corrected chi connectivity index (χ0v) is 30.1. The summed E-state index contributed by atoms with van der Waals surface area (Å²) < 4.78 is 10.1. The number of terminal acetylenes is 1. The lowest BCUT2D eigenvalue weighted by atomic mass is 9.59. The van der Waals surface area contributed by atoms with Crippen LogP contribution in [0.2, 0.25) is 0 Å². The fraction of sp³-hybridized carbons (Fsp3) is 0.649. The number of hydrogen-bond acceptors (Lipinski definition) is 9. The van der Waals surface area contributed by atoms with E-state index in [4.69, 9.17) is 19.7 Å². The molecule has 3 fully saturated rings. The second-order valence-electron chi connectivity index (χ2n) is 9.52. The molecule has 0 amide bonds. The standard InChI is InChI=1S/C21H22O6.C5H10O2.4C2H6.C2H2.CH4O/c1-9(22)10-6-7-11-13(8-10)20(25)16-17(18(11)23)21(26)15-12(19(16)24)4-3-5-14(15)27-2;6-5-3-1-2-4-7-5;6*1-2/h3-5,10,12,15-17,23,25H,6-8H2,1-2H3;5-6H,1-4H2;4*1-2H3;1-2H;2H,1H3/t;5-;;;;;;/m.1....../s1. The number of fused-ring (bicyclic) bond motifs is 3. The van der Waals surface area contributed by atoms with Crippen molar-refractivity contribution < 1.29 is 44.3 Å². The summed E-state index contributed by atoms with van der Waals surface area (Å²) in [6.45, 7) is 18.2. The Hall–Kier alpha value is -3.19. The van der Waals surface area contributed by atoms with Gasteiger partial charge in [0.25, 0.3) is 0 Å². The van der Waals surface area contributed by atoms with Gasteiger partial charge in [0, 0.05) is 19.6 Å². The summed E-state index contributed by atoms with van der Waals surface area (Å²) in [5, 5.41) is 37.5. The van der Waals surface area contributed by atoms with Crippen LogP contribution in [0.5, 0.6) is 0 Å². The maximum atomic E-state index is 13.2. The quantitative estimate of drug-likeness (QED) is 0.228. The largest absolute Gasteiger partial charge is 0.511 e. The fourth-order valence-electron chi connectivity index (χ4n) is 5.68. The van der Waals surface area contributed by atoms with E-state index in [0.29, 0.717) is 36.2 Å². The van der Waals surface area contributed by atoms with E-state index in [1.54, 1.807) is 18.2 Å². The van der Waals surface area contributed by atoms with E-state index in [9.17, 15) is 24.6 Å². The molecular weight excluding hydrogens is 588 g/mol. The molecule has 5 aliphatic rings. The van der Waals surface area contributed by atoms with E-state index in [2.05, 4.69) is 12.8 Å². The summed E-state index contributed by atoms with van der Waals surface area (Å²) >= 11 is 0. The first-order chi connectivity index (χ1) is 22.3. The monoisotopic (exact) mass is 650 g/mol. The van der Waals surface area contributed by atoms with Crippen LogP contribution < -0.4 is 0 Å². The van der Waals surface area contributed by atoms with Crippen LogP contribution in [-0.4, -0.2) is 64.9 Å². The zero-order chi connectivity index (χ0) is 36.6. The molecule has 0 aromatic carbocycles. The molecule has 4 N–H and O–H groups in total. The average molecular weight is 651 g/mol. The minimum Gasteiger partial charge on any atom is -0.511 e. The van der Waals surface area contributed by atoms with Crippen LogP contribution in [0.15, 0.2) is 46.7 Å². The first-order valence-electron chi connectivity index (χ1n) is 16.7. The Kier molecular flexibility index (Phi) is 27.7. The van der Waals surface area contributed by atoms with Crippen molar-refractivity contribution in [2.24, 2.45) is 29.6 Å². The van der Waals surface area contributed by atoms with Crippen molar-refractivity contribution in [3.63, 3.8) is 0 Å². The number of carbonyl (C=O) groups is 3. The maximum Gasteiger partial charge on any atom is 0.156 e. The van der Waals surface area contributed by atoms with Gasteiger partial charge in [0.1, 0.15) is 23.1 Å². The van der Waals surface area contributed by atoms with Crippen LogP contribution in [0.25, 0.3) is 0 Å². The van der Waals surface area contributed by atoms with Gasteiger partial charge < -0.3 is 29.9 Å². The summed E-state index contributed by atoms with van der Waals surface area (Å²) in [4.78, 5) is 38.2. The third-order valence-corrected chi connectivity index (χ3v) is 7.56. The predicted molar refractivity (Wildman–Crippen MR) is 185 cm³/mol. The van der Waals surface area contributed by atoms with Crippen LogP contribution in [0.4, 0.5) is 0 Å².